The number of pyridine rings is 1. The second-order valence-corrected chi connectivity index (χ2v) is 3.19. The zero-order chi connectivity index (χ0) is 11.5. The molecule has 2 heterocycles. The van der Waals surface area contributed by atoms with Crippen molar-refractivity contribution >= 4 is 11.5 Å². The molecule has 0 aliphatic rings. The molecule has 4 nitrogen and oxygen atoms in total. The highest BCUT2D eigenvalue weighted by atomic mass is 19.1. The molecule has 0 unspecified atom stereocenters. The van der Waals surface area contributed by atoms with Crippen LogP contribution in [-0.2, 0) is 6.54 Å². The first-order valence-corrected chi connectivity index (χ1v) is 4.79. The molecule has 0 fully saturated rings. The van der Waals surface area contributed by atoms with E-state index in [0.717, 1.165) is 18.8 Å². The van der Waals surface area contributed by atoms with Crippen LogP contribution >= 0.6 is 0 Å². The number of anilines is 2. The van der Waals surface area contributed by atoms with Gasteiger partial charge in [-0.1, -0.05) is 0 Å². The SMILES string of the molecule is CCn1cc(Nc2ncc(F)cc2F)cn1. The molecule has 0 bridgehead atoms. The highest BCUT2D eigenvalue weighted by molar-refractivity contribution is 5.54. The third-order valence-electron chi connectivity index (χ3n) is 2.03. The fourth-order valence-electron chi connectivity index (χ4n) is 1.24. The number of aromatic nitrogens is 3. The van der Waals surface area contributed by atoms with E-state index in [9.17, 15) is 8.78 Å². The summed E-state index contributed by atoms with van der Waals surface area (Å²) in [5.41, 5.74) is 0.611. The quantitative estimate of drug-likeness (QED) is 0.870. The maximum Gasteiger partial charge on any atom is 0.168 e. The Hall–Kier alpha value is -1.98. The zero-order valence-corrected chi connectivity index (χ0v) is 8.61. The summed E-state index contributed by atoms with van der Waals surface area (Å²) in [6.45, 7) is 2.66. The third kappa shape index (κ3) is 2.16. The van der Waals surface area contributed by atoms with Crippen molar-refractivity contribution < 1.29 is 8.78 Å². The Morgan fingerprint density at radius 3 is 2.81 bits per heavy atom. The molecule has 2 rings (SSSR count). The average Bonchev–Trinajstić information content (AvgIpc) is 2.70. The molecule has 0 aliphatic heterocycles. The minimum Gasteiger partial charge on any atom is -0.335 e. The van der Waals surface area contributed by atoms with E-state index >= 15 is 0 Å². The van der Waals surface area contributed by atoms with E-state index in [1.807, 2.05) is 6.92 Å². The van der Waals surface area contributed by atoms with Crippen LogP contribution in [0.5, 0.6) is 0 Å². The van der Waals surface area contributed by atoms with E-state index in [1.54, 1.807) is 17.1 Å². The van der Waals surface area contributed by atoms with Crippen LogP contribution in [0.4, 0.5) is 20.3 Å². The molecule has 84 valence electrons. The van der Waals surface area contributed by atoms with Crippen LogP contribution in [0, 0.1) is 11.6 Å². The highest BCUT2D eigenvalue weighted by Crippen LogP contribution is 2.17. The van der Waals surface area contributed by atoms with Crippen LogP contribution in [0.25, 0.3) is 0 Å². The Morgan fingerprint density at radius 1 is 1.38 bits per heavy atom. The molecule has 0 spiro atoms. The van der Waals surface area contributed by atoms with Gasteiger partial charge in [-0.3, -0.25) is 4.68 Å². The van der Waals surface area contributed by atoms with Crippen molar-refractivity contribution in [1.82, 2.24) is 14.8 Å². The van der Waals surface area contributed by atoms with Gasteiger partial charge in [-0.2, -0.15) is 5.10 Å². The predicted molar refractivity (Wildman–Crippen MR) is 55.3 cm³/mol. The molecule has 2 aromatic heterocycles. The summed E-state index contributed by atoms with van der Waals surface area (Å²) in [4.78, 5) is 3.61. The predicted octanol–water partition coefficient (Wildman–Crippen LogP) is 2.32. The van der Waals surface area contributed by atoms with E-state index in [0.29, 0.717) is 5.69 Å². The molecule has 0 saturated carbocycles. The maximum atomic E-state index is 13.2. The van der Waals surface area contributed by atoms with Crippen molar-refractivity contribution in [2.24, 2.45) is 0 Å². The van der Waals surface area contributed by atoms with Crippen molar-refractivity contribution in [3.8, 4) is 0 Å². The molecule has 16 heavy (non-hydrogen) atoms. The average molecular weight is 224 g/mol. The molecule has 6 heteroatoms. The summed E-state index contributed by atoms with van der Waals surface area (Å²) in [5, 5.41) is 6.73. The number of hydrogen-bond donors (Lipinski definition) is 1. The second-order valence-electron chi connectivity index (χ2n) is 3.19. The molecular weight excluding hydrogens is 214 g/mol. The highest BCUT2D eigenvalue weighted by Gasteiger charge is 2.06. The Bertz CT molecular complexity index is 495. The van der Waals surface area contributed by atoms with Crippen molar-refractivity contribution in [2.75, 3.05) is 5.32 Å². The van der Waals surface area contributed by atoms with Gasteiger partial charge in [0.1, 0.15) is 5.82 Å². The summed E-state index contributed by atoms with van der Waals surface area (Å²) in [5.74, 6) is -1.45. The van der Waals surface area contributed by atoms with Crippen molar-refractivity contribution in [2.45, 2.75) is 13.5 Å². The Labute approximate surface area is 90.9 Å². The first-order valence-electron chi connectivity index (χ1n) is 4.79. The summed E-state index contributed by atoms with van der Waals surface area (Å²) >= 11 is 0. The first-order chi connectivity index (χ1) is 7.69. The smallest absolute Gasteiger partial charge is 0.168 e. The Morgan fingerprint density at radius 2 is 2.19 bits per heavy atom. The van der Waals surface area contributed by atoms with Crippen LogP contribution in [-0.4, -0.2) is 14.8 Å². The summed E-state index contributed by atoms with van der Waals surface area (Å²) < 4.78 is 27.5. The molecule has 0 aromatic carbocycles. The largest absolute Gasteiger partial charge is 0.335 e. The molecule has 0 atom stereocenters. The van der Waals surface area contributed by atoms with E-state index in [2.05, 4.69) is 15.4 Å². The van der Waals surface area contributed by atoms with Crippen LogP contribution < -0.4 is 5.32 Å². The third-order valence-corrected chi connectivity index (χ3v) is 2.03. The molecule has 1 N–H and O–H groups in total. The second kappa shape index (κ2) is 4.26. The number of hydrogen-bond acceptors (Lipinski definition) is 3. The van der Waals surface area contributed by atoms with Gasteiger partial charge in [0.05, 0.1) is 18.1 Å². The van der Waals surface area contributed by atoms with Crippen molar-refractivity contribution in [1.29, 1.82) is 0 Å². The molecular formula is C10H10F2N4. The van der Waals surface area contributed by atoms with Crippen LogP contribution in [0.3, 0.4) is 0 Å². The van der Waals surface area contributed by atoms with Gasteiger partial charge in [-0.25, -0.2) is 13.8 Å². The van der Waals surface area contributed by atoms with Gasteiger partial charge in [0.15, 0.2) is 11.6 Å². The Kier molecular flexibility index (Phi) is 2.80. The number of rotatable bonds is 3. The molecule has 0 radical (unpaired) electrons. The van der Waals surface area contributed by atoms with Gasteiger partial charge in [0, 0.05) is 18.8 Å². The minimum atomic E-state index is -0.732. The van der Waals surface area contributed by atoms with E-state index in [-0.39, 0.29) is 5.82 Å². The lowest BCUT2D eigenvalue weighted by atomic mass is 10.4. The zero-order valence-electron chi connectivity index (χ0n) is 8.61. The molecule has 0 amide bonds. The van der Waals surface area contributed by atoms with E-state index < -0.39 is 11.6 Å². The van der Waals surface area contributed by atoms with Gasteiger partial charge in [0.25, 0.3) is 0 Å². The van der Waals surface area contributed by atoms with Crippen molar-refractivity contribution in [3.63, 3.8) is 0 Å². The van der Waals surface area contributed by atoms with E-state index in [4.69, 9.17) is 0 Å². The van der Waals surface area contributed by atoms with Gasteiger partial charge in [-0.05, 0) is 6.92 Å². The lowest BCUT2D eigenvalue weighted by molar-refractivity contribution is 0.576. The number of aryl methyl sites for hydroxylation is 1. The number of nitrogens with one attached hydrogen (secondary N) is 1. The molecule has 0 saturated heterocycles. The number of halogens is 2. The van der Waals surface area contributed by atoms with Gasteiger partial charge in [0.2, 0.25) is 0 Å². The standard InChI is InChI=1S/C10H10F2N4/c1-2-16-6-8(5-14-16)15-10-9(12)3-7(11)4-13-10/h3-6H,2H2,1H3,(H,13,15). The fraction of sp³-hybridized carbons (Fsp3) is 0.200. The monoisotopic (exact) mass is 224 g/mol. The summed E-state index contributed by atoms with van der Waals surface area (Å²) in [7, 11) is 0. The Balaban J connectivity index is 2.20. The summed E-state index contributed by atoms with van der Waals surface area (Å²) in [6.07, 6.45) is 4.22. The number of nitrogens with zero attached hydrogens (tertiary/aromatic N) is 3. The van der Waals surface area contributed by atoms with Crippen LogP contribution in [0.1, 0.15) is 6.92 Å². The minimum absolute atomic E-state index is 0.0166. The molecule has 2 aromatic rings. The van der Waals surface area contributed by atoms with Gasteiger partial charge < -0.3 is 5.32 Å². The lowest BCUT2D eigenvalue weighted by Gasteiger charge is -2.02. The van der Waals surface area contributed by atoms with E-state index in [1.165, 1.54) is 0 Å². The molecule has 0 aliphatic carbocycles. The topological polar surface area (TPSA) is 42.7 Å². The van der Waals surface area contributed by atoms with Crippen LogP contribution in [0.2, 0.25) is 0 Å². The normalized spacial score (nSPS) is 10.4. The summed E-state index contributed by atoms with van der Waals surface area (Å²) in [6, 6.07) is 0.777. The fourth-order valence-corrected chi connectivity index (χ4v) is 1.24. The van der Waals surface area contributed by atoms with Crippen LogP contribution in [0.15, 0.2) is 24.7 Å². The van der Waals surface area contributed by atoms with Crippen molar-refractivity contribution in [3.05, 3.63) is 36.3 Å². The maximum absolute atomic E-state index is 13.2. The first kappa shape index (κ1) is 10.5. The van der Waals surface area contributed by atoms with Gasteiger partial charge >= 0.3 is 0 Å². The lowest BCUT2D eigenvalue weighted by Crippen LogP contribution is -1.97. The van der Waals surface area contributed by atoms with Gasteiger partial charge in [-0.15, -0.1) is 0 Å².